The third-order valence-electron chi connectivity index (χ3n) is 12.7. The number of rotatable bonds is 3. The molecule has 266 valence electrons. The van der Waals surface area contributed by atoms with Crippen molar-refractivity contribution in [1.82, 2.24) is 9.13 Å². The lowest BCUT2D eigenvalue weighted by Gasteiger charge is -2.37. The number of nitrogens with zero attached hydrogens (tertiary/aromatic N) is 4. The molecule has 0 saturated carbocycles. The van der Waals surface area contributed by atoms with Crippen LogP contribution in [0.1, 0.15) is 41.7 Å². The molecule has 0 bridgehead atoms. The Morgan fingerprint density at radius 2 is 1.23 bits per heavy atom. The van der Waals surface area contributed by atoms with E-state index >= 15 is 0 Å². The molecule has 1 aliphatic carbocycles. The topological polar surface area (TPSA) is 25.5 Å². The Labute approximate surface area is 324 Å². The summed E-state index contributed by atoms with van der Waals surface area (Å²) in [5.74, 6) is 0.299. The first-order chi connectivity index (χ1) is 27.6. The molecular weight excluding hydrogens is 681 g/mol. The Morgan fingerprint density at radius 3 is 2.14 bits per heavy atom. The molecular formula is C52H38N4. The van der Waals surface area contributed by atoms with Crippen molar-refractivity contribution in [1.29, 1.82) is 0 Å². The minimum atomic E-state index is -0.220. The van der Waals surface area contributed by atoms with Crippen LogP contribution in [0.25, 0.3) is 71.2 Å². The molecule has 12 rings (SSSR count). The van der Waals surface area contributed by atoms with E-state index in [-0.39, 0.29) is 12.2 Å². The van der Waals surface area contributed by atoms with E-state index in [1.165, 1.54) is 76.3 Å². The van der Waals surface area contributed by atoms with Crippen LogP contribution in [0.4, 0.5) is 11.4 Å². The minimum absolute atomic E-state index is 0.155. The third kappa shape index (κ3) is 4.38. The van der Waals surface area contributed by atoms with Crippen LogP contribution in [-0.4, -0.2) is 21.9 Å². The summed E-state index contributed by atoms with van der Waals surface area (Å²) in [5.41, 5.74) is 11.9. The van der Waals surface area contributed by atoms with E-state index in [4.69, 9.17) is 4.99 Å². The van der Waals surface area contributed by atoms with Gasteiger partial charge in [0.25, 0.3) is 0 Å². The standard InChI is InChI=1S/C52H38N4/c1-32-38-17-7-5-14-34(38)25-27-44(32)55-45-21-11-9-19-40(45)41-30-42-49(31-48(41)55)56(47-28-26-35-15-6-8-18-39(35)50(42)47)52-51(53-43-20-10-12-22-46(43)54(52)2)37-24-23-33-13-3-4-16-36(33)29-37/h3-32,44,52H,1-2H3. The first-order valence-electron chi connectivity index (χ1n) is 19.7. The molecule has 2 aliphatic rings. The molecule has 0 fully saturated rings. The average molecular weight is 719 g/mol. The van der Waals surface area contributed by atoms with Crippen molar-refractivity contribution in [2.75, 3.05) is 11.9 Å². The maximum Gasteiger partial charge on any atom is 0.150 e. The van der Waals surface area contributed by atoms with Crippen LogP contribution in [0, 0.1) is 0 Å². The van der Waals surface area contributed by atoms with E-state index < -0.39 is 0 Å². The molecule has 0 radical (unpaired) electrons. The smallest absolute Gasteiger partial charge is 0.150 e. The highest BCUT2D eigenvalue weighted by molar-refractivity contribution is 6.25. The Kier molecular flexibility index (Phi) is 6.62. The van der Waals surface area contributed by atoms with Gasteiger partial charge in [-0.05, 0) is 75.1 Å². The summed E-state index contributed by atoms with van der Waals surface area (Å²) in [5, 5.41) is 10.1. The van der Waals surface area contributed by atoms with Gasteiger partial charge in [-0.25, -0.2) is 4.99 Å². The number of hydrogen-bond donors (Lipinski definition) is 0. The molecule has 3 heterocycles. The Hall–Kier alpha value is -6.91. The number of allylic oxidation sites excluding steroid dienone is 1. The quantitative estimate of drug-likeness (QED) is 0.179. The van der Waals surface area contributed by atoms with Crippen LogP contribution in [0.15, 0.2) is 175 Å². The summed E-state index contributed by atoms with van der Waals surface area (Å²) in [4.78, 5) is 7.98. The highest BCUT2D eigenvalue weighted by Gasteiger charge is 2.34. The maximum atomic E-state index is 5.55. The second-order valence-electron chi connectivity index (χ2n) is 15.6. The van der Waals surface area contributed by atoms with E-state index in [0.717, 1.165) is 22.6 Å². The van der Waals surface area contributed by atoms with Crippen LogP contribution in [0.3, 0.4) is 0 Å². The molecule has 0 saturated heterocycles. The normalized spacial score (nSPS) is 18.0. The van der Waals surface area contributed by atoms with E-state index in [1.807, 2.05) is 0 Å². The van der Waals surface area contributed by atoms with Gasteiger partial charge in [-0.1, -0.05) is 140 Å². The zero-order valence-electron chi connectivity index (χ0n) is 31.3. The Morgan fingerprint density at radius 1 is 0.518 bits per heavy atom. The van der Waals surface area contributed by atoms with Gasteiger partial charge in [0, 0.05) is 45.6 Å². The number of hydrogen-bond acceptors (Lipinski definition) is 2. The van der Waals surface area contributed by atoms with Gasteiger partial charge in [0.05, 0.1) is 39.7 Å². The monoisotopic (exact) mass is 718 g/mol. The van der Waals surface area contributed by atoms with Gasteiger partial charge in [0.2, 0.25) is 0 Å². The largest absolute Gasteiger partial charge is 0.347 e. The zero-order valence-corrected chi connectivity index (χ0v) is 31.3. The molecule has 56 heavy (non-hydrogen) atoms. The van der Waals surface area contributed by atoms with Gasteiger partial charge in [0.1, 0.15) is 0 Å². The number of likely N-dealkylation sites (N-methyl/N-ethyl adjacent to an activating group) is 1. The van der Waals surface area contributed by atoms with E-state index in [2.05, 4.69) is 204 Å². The number of benzene rings is 8. The summed E-state index contributed by atoms with van der Waals surface area (Å²) in [6, 6.07) is 60.5. The maximum absolute atomic E-state index is 5.55. The number of aliphatic imine (C=N–C) groups is 1. The Bertz CT molecular complexity index is 3320. The first-order valence-corrected chi connectivity index (χ1v) is 19.7. The predicted octanol–water partition coefficient (Wildman–Crippen LogP) is 13.3. The summed E-state index contributed by atoms with van der Waals surface area (Å²) in [6.07, 6.45) is 4.52. The van der Waals surface area contributed by atoms with Gasteiger partial charge in [-0.2, -0.15) is 0 Å². The number of anilines is 1. The van der Waals surface area contributed by atoms with Crippen molar-refractivity contribution in [2.24, 2.45) is 4.99 Å². The van der Waals surface area contributed by atoms with Gasteiger partial charge < -0.3 is 14.0 Å². The van der Waals surface area contributed by atoms with Crippen LogP contribution >= 0.6 is 0 Å². The molecule has 3 unspecified atom stereocenters. The van der Waals surface area contributed by atoms with Crippen molar-refractivity contribution in [3.05, 3.63) is 187 Å². The SMILES string of the molecule is CC1c2ccccc2C=CC1n1c2ccccc2c2cc3c4c5ccccc5ccc4n(C4C(c5ccc6ccccc6c5)=Nc5ccccc5N4C)c3cc21. The Balaban J connectivity index is 1.20. The lowest BCUT2D eigenvalue weighted by Crippen LogP contribution is -2.38. The number of fused-ring (bicyclic) bond motifs is 11. The molecule has 0 amide bonds. The molecule has 2 aromatic heterocycles. The van der Waals surface area contributed by atoms with Crippen molar-refractivity contribution in [3.8, 4) is 0 Å². The average Bonchev–Trinajstić information content (AvgIpc) is 3.75. The number of aromatic nitrogens is 2. The lowest BCUT2D eigenvalue weighted by molar-refractivity contribution is 0.538. The van der Waals surface area contributed by atoms with Gasteiger partial charge in [0.15, 0.2) is 6.17 Å². The summed E-state index contributed by atoms with van der Waals surface area (Å²) >= 11 is 0. The molecule has 4 heteroatoms. The van der Waals surface area contributed by atoms with E-state index in [1.54, 1.807) is 0 Å². The first kappa shape index (κ1) is 31.4. The molecule has 0 N–H and O–H groups in total. The molecule has 10 aromatic rings. The highest BCUT2D eigenvalue weighted by atomic mass is 15.3. The van der Waals surface area contributed by atoms with Crippen LogP contribution < -0.4 is 4.90 Å². The lowest BCUT2D eigenvalue weighted by atomic mass is 9.84. The summed E-state index contributed by atoms with van der Waals surface area (Å²) in [7, 11) is 2.24. The zero-order chi connectivity index (χ0) is 37.1. The molecule has 1 aliphatic heterocycles. The summed E-state index contributed by atoms with van der Waals surface area (Å²) < 4.78 is 5.19. The van der Waals surface area contributed by atoms with Crippen molar-refractivity contribution < 1.29 is 0 Å². The van der Waals surface area contributed by atoms with Crippen LogP contribution in [-0.2, 0) is 0 Å². The number of para-hydroxylation sites is 3. The molecule has 4 nitrogen and oxygen atoms in total. The second-order valence-corrected chi connectivity index (χ2v) is 15.6. The fraction of sp³-hybridized carbons (Fsp3) is 0.0962. The van der Waals surface area contributed by atoms with Crippen molar-refractivity contribution >= 4 is 88.3 Å². The molecule has 0 spiro atoms. The third-order valence-corrected chi connectivity index (χ3v) is 12.7. The van der Waals surface area contributed by atoms with E-state index in [0.29, 0.717) is 5.92 Å². The van der Waals surface area contributed by atoms with Gasteiger partial charge >= 0.3 is 0 Å². The molecule has 3 atom stereocenters. The fourth-order valence-electron chi connectivity index (χ4n) is 10.0. The van der Waals surface area contributed by atoms with Gasteiger partial charge in [-0.15, -0.1) is 0 Å². The second kappa shape index (κ2) is 11.8. The van der Waals surface area contributed by atoms with Crippen molar-refractivity contribution in [3.63, 3.8) is 0 Å². The van der Waals surface area contributed by atoms with Crippen LogP contribution in [0.5, 0.6) is 0 Å². The van der Waals surface area contributed by atoms with E-state index in [9.17, 15) is 0 Å². The molecule has 8 aromatic carbocycles. The highest BCUT2D eigenvalue weighted by Crippen LogP contribution is 2.48. The fourth-order valence-corrected chi connectivity index (χ4v) is 10.0. The van der Waals surface area contributed by atoms with Gasteiger partial charge in [-0.3, -0.25) is 0 Å². The minimum Gasteiger partial charge on any atom is -0.347 e. The summed E-state index contributed by atoms with van der Waals surface area (Å²) in [6.45, 7) is 2.38. The van der Waals surface area contributed by atoms with Crippen molar-refractivity contribution in [2.45, 2.75) is 25.0 Å². The predicted molar refractivity (Wildman–Crippen MR) is 237 cm³/mol. The van der Waals surface area contributed by atoms with Crippen LogP contribution in [0.2, 0.25) is 0 Å².